The molecular weight excluding hydrogens is 156 g/mol. The summed E-state index contributed by atoms with van der Waals surface area (Å²) in [4.78, 5) is 0. The van der Waals surface area contributed by atoms with Gasteiger partial charge in [0, 0.05) is 0 Å². The topological polar surface area (TPSA) is 0 Å². The molecular formula is C13H22. The van der Waals surface area contributed by atoms with Gasteiger partial charge in [0.25, 0.3) is 0 Å². The first-order chi connectivity index (χ1) is 6.38. The molecule has 0 nitrogen and oxygen atoms in total. The molecule has 0 radical (unpaired) electrons. The summed E-state index contributed by atoms with van der Waals surface area (Å²) in [7, 11) is 0. The average molecular weight is 178 g/mol. The van der Waals surface area contributed by atoms with Gasteiger partial charge in [-0.15, -0.1) is 0 Å². The third kappa shape index (κ3) is 2.15. The van der Waals surface area contributed by atoms with Crippen molar-refractivity contribution in [2.24, 2.45) is 17.8 Å². The number of hydrogen-bond acceptors (Lipinski definition) is 0. The quantitative estimate of drug-likeness (QED) is 0.529. The molecule has 0 aromatic heterocycles. The summed E-state index contributed by atoms with van der Waals surface area (Å²) in [5.74, 6) is 2.94. The minimum Gasteiger partial charge on any atom is -0.0882 e. The highest BCUT2D eigenvalue weighted by molar-refractivity contribution is 4.97. The predicted molar refractivity (Wildman–Crippen MR) is 57.6 cm³/mol. The summed E-state index contributed by atoms with van der Waals surface area (Å²) < 4.78 is 0. The summed E-state index contributed by atoms with van der Waals surface area (Å²) in [6, 6.07) is 0. The maximum atomic E-state index is 2.45. The van der Waals surface area contributed by atoms with Gasteiger partial charge in [-0.05, 0) is 30.6 Å². The van der Waals surface area contributed by atoms with Crippen molar-refractivity contribution in [2.75, 3.05) is 0 Å². The van der Waals surface area contributed by atoms with Gasteiger partial charge in [0.2, 0.25) is 0 Å². The largest absolute Gasteiger partial charge is 0.0882 e. The minimum absolute atomic E-state index is 0.858. The molecule has 0 amide bonds. The Labute approximate surface area is 82.4 Å². The summed E-state index contributed by atoms with van der Waals surface area (Å²) in [5.41, 5.74) is 0. The number of allylic oxidation sites excluding steroid dienone is 2. The highest BCUT2D eigenvalue weighted by Crippen LogP contribution is 2.38. The van der Waals surface area contributed by atoms with E-state index >= 15 is 0 Å². The van der Waals surface area contributed by atoms with E-state index in [4.69, 9.17) is 0 Å². The van der Waals surface area contributed by atoms with Crippen molar-refractivity contribution in [3.05, 3.63) is 12.2 Å². The Hall–Kier alpha value is -0.260. The summed E-state index contributed by atoms with van der Waals surface area (Å²) in [5, 5.41) is 0. The molecule has 0 aromatic rings. The highest BCUT2D eigenvalue weighted by atomic mass is 14.3. The highest BCUT2D eigenvalue weighted by Gasteiger charge is 2.27. The molecule has 0 bridgehead atoms. The number of rotatable bonds is 1. The van der Waals surface area contributed by atoms with Crippen LogP contribution in [0.25, 0.3) is 0 Å². The molecule has 0 aromatic carbocycles. The SMILES string of the molecule is CC1C=CCCC1C1CCCCC1. The molecule has 2 aliphatic rings. The van der Waals surface area contributed by atoms with Gasteiger partial charge in [0.15, 0.2) is 0 Å². The van der Waals surface area contributed by atoms with Crippen LogP contribution in [0.2, 0.25) is 0 Å². The van der Waals surface area contributed by atoms with Crippen LogP contribution in [0, 0.1) is 17.8 Å². The fourth-order valence-electron chi connectivity index (χ4n) is 3.23. The molecule has 13 heavy (non-hydrogen) atoms. The Balaban J connectivity index is 1.94. The molecule has 1 saturated carbocycles. The molecule has 0 spiro atoms. The average Bonchev–Trinajstić information content (AvgIpc) is 2.20. The zero-order valence-electron chi connectivity index (χ0n) is 8.84. The van der Waals surface area contributed by atoms with Crippen molar-refractivity contribution < 1.29 is 0 Å². The second kappa shape index (κ2) is 4.30. The lowest BCUT2D eigenvalue weighted by molar-refractivity contribution is 0.193. The standard InChI is InChI=1S/C13H22/c1-11-7-5-6-10-13(11)12-8-3-2-4-9-12/h5,7,11-13H,2-4,6,8-10H2,1H3. The van der Waals surface area contributed by atoms with E-state index in [2.05, 4.69) is 19.1 Å². The minimum atomic E-state index is 0.858. The first-order valence-corrected chi connectivity index (χ1v) is 6.04. The van der Waals surface area contributed by atoms with E-state index < -0.39 is 0 Å². The Bertz CT molecular complexity index is 174. The molecule has 74 valence electrons. The Morgan fingerprint density at radius 3 is 2.46 bits per heavy atom. The lowest BCUT2D eigenvalue weighted by Gasteiger charge is -2.35. The first-order valence-electron chi connectivity index (χ1n) is 6.04. The zero-order valence-corrected chi connectivity index (χ0v) is 8.84. The van der Waals surface area contributed by atoms with Gasteiger partial charge in [-0.3, -0.25) is 0 Å². The van der Waals surface area contributed by atoms with Crippen LogP contribution in [0.4, 0.5) is 0 Å². The van der Waals surface area contributed by atoms with E-state index in [1.165, 1.54) is 44.9 Å². The molecule has 0 heterocycles. The van der Waals surface area contributed by atoms with Crippen LogP contribution in [-0.2, 0) is 0 Å². The van der Waals surface area contributed by atoms with Gasteiger partial charge in [0.1, 0.15) is 0 Å². The van der Waals surface area contributed by atoms with Crippen molar-refractivity contribution in [3.63, 3.8) is 0 Å². The molecule has 0 N–H and O–H groups in total. The van der Waals surface area contributed by atoms with Gasteiger partial charge < -0.3 is 0 Å². The van der Waals surface area contributed by atoms with Crippen LogP contribution < -0.4 is 0 Å². The fraction of sp³-hybridized carbons (Fsp3) is 0.846. The van der Waals surface area contributed by atoms with Crippen LogP contribution >= 0.6 is 0 Å². The molecule has 2 aliphatic carbocycles. The molecule has 1 fully saturated rings. The van der Waals surface area contributed by atoms with Crippen molar-refractivity contribution in [1.29, 1.82) is 0 Å². The monoisotopic (exact) mass is 178 g/mol. The molecule has 0 aliphatic heterocycles. The molecule has 2 rings (SSSR count). The van der Waals surface area contributed by atoms with Crippen LogP contribution in [-0.4, -0.2) is 0 Å². The maximum Gasteiger partial charge on any atom is -0.0231 e. The zero-order chi connectivity index (χ0) is 9.10. The van der Waals surface area contributed by atoms with E-state index in [-0.39, 0.29) is 0 Å². The van der Waals surface area contributed by atoms with E-state index in [9.17, 15) is 0 Å². The van der Waals surface area contributed by atoms with E-state index in [1.807, 2.05) is 0 Å². The van der Waals surface area contributed by atoms with E-state index in [0.29, 0.717) is 0 Å². The number of hydrogen-bond donors (Lipinski definition) is 0. The van der Waals surface area contributed by atoms with E-state index in [1.54, 1.807) is 0 Å². The van der Waals surface area contributed by atoms with E-state index in [0.717, 1.165) is 17.8 Å². The van der Waals surface area contributed by atoms with Crippen molar-refractivity contribution in [2.45, 2.75) is 51.9 Å². The predicted octanol–water partition coefficient (Wildman–Crippen LogP) is 4.17. The van der Waals surface area contributed by atoms with Gasteiger partial charge >= 0.3 is 0 Å². The van der Waals surface area contributed by atoms with Gasteiger partial charge in [-0.1, -0.05) is 51.2 Å². The summed E-state index contributed by atoms with van der Waals surface area (Å²) in [6.45, 7) is 2.41. The van der Waals surface area contributed by atoms with Crippen LogP contribution in [0.5, 0.6) is 0 Å². The second-order valence-corrected chi connectivity index (χ2v) is 4.93. The Morgan fingerprint density at radius 1 is 1.00 bits per heavy atom. The molecule has 2 unspecified atom stereocenters. The Morgan fingerprint density at radius 2 is 1.77 bits per heavy atom. The first kappa shape index (κ1) is 9.30. The van der Waals surface area contributed by atoms with Crippen molar-refractivity contribution >= 4 is 0 Å². The third-order valence-electron chi connectivity index (χ3n) is 4.04. The fourth-order valence-corrected chi connectivity index (χ4v) is 3.23. The maximum absolute atomic E-state index is 2.45. The summed E-state index contributed by atoms with van der Waals surface area (Å²) in [6.07, 6.45) is 15.1. The van der Waals surface area contributed by atoms with Crippen LogP contribution in [0.3, 0.4) is 0 Å². The lowest BCUT2D eigenvalue weighted by Crippen LogP contribution is -2.24. The van der Waals surface area contributed by atoms with Gasteiger partial charge in [0.05, 0.1) is 0 Å². The lowest BCUT2D eigenvalue weighted by atomic mass is 9.71. The molecule has 0 heteroatoms. The normalized spacial score (nSPS) is 36.4. The van der Waals surface area contributed by atoms with Gasteiger partial charge in [-0.25, -0.2) is 0 Å². The summed E-state index contributed by atoms with van der Waals surface area (Å²) >= 11 is 0. The molecule has 2 atom stereocenters. The second-order valence-electron chi connectivity index (χ2n) is 4.93. The molecule has 0 saturated heterocycles. The van der Waals surface area contributed by atoms with Crippen LogP contribution in [0.1, 0.15) is 51.9 Å². The van der Waals surface area contributed by atoms with Crippen LogP contribution in [0.15, 0.2) is 12.2 Å². The van der Waals surface area contributed by atoms with Crippen molar-refractivity contribution in [1.82, 2.24) is 0 Å². The third-order valence-corrected chi connectivity index (χ3v) is 4.04. The Kier molecular flexibility index (Phi) is 3.08. The van der Waals surface area contributed by atoms with Gasteiger partial charge in [-0.2, -0.15) is 0 Å². The smallest absolute Gasteiger partial charge is 0.0231 e. The van der Waals surface area contributed by atoms with Crippen molar-refractivity contribution in [3.8, 4) is 0 Å².